The maximum Gasteiger partial charge on any atom is 0.237 e. The van der Waals surface area contributed by atoms with E-state index in [9.17, 15) is 13.2 Å². The van der Waals surface area contributed by atoms with E-state index >= 15 is 0 Å². The maximum atomic E-state index is 11.6. The smallest absolute Gasteiger partial charge is 0.237 e. The molecule has 116 valence electrons. The van der Waals surface area contributed by atoms with Crippen molar-refractivity contribution in [2.24, 2.45) is 11.1 Å². The first-order chi connectivity index (χ1) is 7.96. The Kier molecular flexibility index (Phi) is 8.86. The number of carbonyl (C=O) groups excluding carboxylic acids is 1. The van der Waals surface area contributed by atoms with Gasteiger partial charge in [-0.15, -0.1) is 12.4 Å². The fourth-order valence-electron chi connectivity index (χ4n) is 1.23. The molecule has 0 spiro atoms. The molecule has 0 bridgehead atoms. The van der Waals surface area contributed by atoms with Crippen LogP contribution in [0.3, 0.4) is 0 Å². The van der Waals surface area contributed by atoms with Crippen LogP contribution in [-0.2, 0) is 14.8 Å². The van der Waals surface area contributed by atoms with E-state index in [2.05, 4.69) is 10.0 Å². The SMILES string of the molecule is CC(C)NS(=O)(=O)CCNC(=O)[C@@H](N)C(C)(C)C.Cl. The van der Waals surface area contributed by atoms with Gasteiger partial charge in [0.2, 0.25) is 15.9 Å². The zero-order valence-electron chi connectivity index (χ0n) is 12.2. The van der Waals surface area contributed by atoms with E-state index in [0.717, 1.165) is 0 Å². The number of hydrogen-bond donors (Lipinski definition) is 3. The largest absolute Gasteiger partial charge is 0.354 e. The van der Waals surface area contributed by atoms with Gasteiger partial charge in [0.05, 0.1) is 11.8 Å². The van der Waals surface area contributed by atoms with Gasteiger partial charge < -0.3 is 11.1 Å². The molecule has 0 saturated carbocycles. The van der Waals surface area contributed by atoms with Crippen LogP contribution in [0.15, 0.2) is 0 Å². The molecule has 19 heavy (non-hydrogen) atoms. The normalized spacial score (nSPS) is 13.8. The number of halogens is 1. The predicted octanol–water partition coefficient (Wildman–Crippen LogP) is 0.226. The minimum Gasteiger partial charge on any atom is -0.354 e. The van der Waals surface area contributed by atoms with E-state index in [1.54, 1.807) is 13.8 Å². The summed E-state index contributed by atoms with van der Waals surface area (Å²) >= 11 is 0. The molecule has 0 aliphatic rings. The van der Waals surface area contributed by atoms with Crippen molar-refractivity contribution in [2.45, 2.75) is 46.7 Å². The summed E-state index contributed by atoms with van der Waals surface area (Å²) in [7, 11) is -3.34. The van der Waals surface area contributed by atoms with Gasteiger partial charge in [-0.05, 0) is 19.3 Å². The minimum absolute atomic E-state index is 0. The average molecular weight is 316 g/mol. The summed E-state index contributed by atoms with van der Waals surface area (Å²) in [6.07, 6.45) is 0. The first-order valence-electron chi connectivity index (χ1n) is 5.99. The third-order valence-corrected chi connectivity index (χ3v) is 3.87. The van der Waals surface area contributed by atoms with Crippen molar-refractivity contribution >= 4 is 28.3 Å². The fraction of sp³-hybridized carbons (Fsp3) is 0.909. The highest BCUT2D eigenvalue weighted by Gasteiger charge is 2.27. The van der Waals surface area contributed by atoms with Crippen molar-refractivity contribution in [1.29, 1.82) is 0 Å². The van der Waals surface area contributed by atoms with Crippen LogP contribution in [0.2, 0.25) is 0 Å². The van der Waals surface area contributed by atoms with E-state index in [1.807, 2.05) is 20.8 Å². The van der Waals surface area contributed by atoms with Gasteiger partial charge >= 0.3 is 0 Å². The molecule has 8 heteroatoms. The Morgan fingerprint density at radius 1 is 1.26 bits per heavy atom. The Bertz CT molecular complexity index is 377. The number of sulfonamides is 1. The Morgan fingerprint density at radius 3 is 2.11 bits per heavy atom. The quantitative estimate of drug-likeness (QED) is 0.653. The van der Waals surface area contributed by atoms with Crippen LogP contribution in [0.1, 0.15) is 34.6 Å². The van der Waals surface area contributed by atoms with E-state index in [4.69, 9.17) is 5.73 Å². The predicted molar refractivity (Wildman–Crippen MR) is 79.7 cm³/mol. The number of amides is 1. The molecule has 0 aromatic carbocycles. The summed E-state index contributed by atoms with van der Waals surface area (Å²) in [5, 5.41) is 2.54. The second-order valence-corrected chi connectivity index (χ2v) is 7.60. The van der Waals surface area contributed by atoms with Crippen molar-refractivity contribution in [3.63, 3.8) is 0 Å². The minimum atomic E-state index is -3.34. The molecule has 0 radical (unpaired) electrons. The van der Waals surface area contributed by atoms with Gasteiger partial charge in [-0.3, -0.25) is 4.79 Å². The molecule has 0 aromatic heterocycles. The zero-order chi connectivity index (χ0) is 14.6. The molecular weight excluding hydrogens is 290 g/mol. The third kappa shape index (κ3) is 9.21. The zero-order valence-corrected chi connectivity index (χ0v) is 13.8. The monoisotopic (exact) mass is 315 g/mol. The topological polar surface area (TPSA) is 101 Å². The van der Waals surface area contributed by atoms with E-state index in [-0.39, 0.29) is 42.1 Å². The lowest BCUT2D eigenvalue weighted by atomic mass is 9.87. The van der Waals surface area contributed by atoms with Crippen LogP contribution in [0.5, 0.6) is 0 Å². The van der Waals surface area contributed by atoms with Crippen LogP contribution < -0.4 is 15.8 Å². The highest BCUT2D eigenvalue weighted by Crippen LogP contribution is 2.16. The molecule has 0 rings (SSSR count). The van der Waals surface area contributed by atoms with E-state index < -0.39 is 16.1 Å². The molecule has 1 atom stereocenters. The third-order valence-electron chi connectivity index (χ3n) is 2.30. The standard InChI is InChI=1S/C11H25N3O3S.ClH/c1-8(2)14-18(16,17)7-6-13-10(15)9(12)11(3,4)5;/h8-9,14H,6-7,12H2,1-5H3,(H,13,15);1H/t9-;/m1./s1. The lowest BCUT2D eigenvalue weighted by molar-refractivity contribution is -0.124. The van der Waals surface area contributed by atoms with Gasteiger partial charge in [-0.25, -0.2) is 13.1 Å². The second kappa shape index (κ2) is 8.04. The lowest BCUT2D eigenvalue weighted by Crippen LogP contribution is -2.49. The second-order valence-electron chi connectivity index (χ2n) is 5.73. The van der Waals surface area contributed by atoms with Crippen molar-refractivity contribution in [3.05, 3.63) is 0 Å². The van der Waals surface area contributed by atoms with Crippen LogP contribution in [0.4, 0.5) is 0 Å². The number of rotatable bonds is 6. The molecule has 1 amide bonds. The van der Waals surface area contributed by atoms with Gasteiger partial charge in [0.15, 0.2) is 0 Å². The molecule has 0 aromatic rings. The highest BCUT2D eigenvalue weighted by atomic mass is 35.5. The molecular formula is C11H26ClN3O3S. The number of hydrogen-bond acceptors (Lipinski definition) is 4. The number of nitrogens with one attached hydrogen (secondary N) is 2. The summed E-state index contributed by atoms with van der Waals surface area (Å²) in [6.45, 7) is 9.11. The van der Waals surface area contributed by atoms with Crippen molar-refractivity contribution in [2.75, 3.05) is 12.3 Å². The molecule has 0 aliphatic heterocycles. The highest BCUT2D eigenvalue weighted by molar-refractivity contribution is 7.89. The van der Waals surface area contributed by atoms with Crippen molar-refractivity contribution in [3.8, 4) is 0 Å². The van der Waals surface area contributed by atoms with Gasteiger partial charge in [-0.2, -0.15) is 0 Å². The molecule has 6 nitrogen and oxygen atoms in total. The Labute approximate surface area is 122 Å². The lowest BCUT2D eigenvalue weighted by Gasteiger charge is -2.25. The fourth-order valence-corrected chi connectivity index (χ4v) is 2.44. The van der Waals surface area contributed by atoms with E-state index in [1.165, 1.54) is 0 Å². The van der Waals surface area contributed by atoms with Crippen LogP contribution in [-0.4, -0.2) is 38.7 Å². The van der Waals surface area contributed by atoms with Crippen LogP contribution >= 0.6 is 12.4 Å². The Balaban J connectivity index is 0. The molecule has 0 unspecified atom stereocenters. The molecule has 0 aliphatic carbocycles. The summed E-state index contributed by atoms with van der Waals surface area (Å²) in [4.78, 5) is 11.6. The maximum absolute atomic E-state index is 11.6. The van der Waals surface area contributed by atoms with Gasteiger partial charge in [0.25, 0.3) is 0 Å². The number of nitrogens with two attached hydrogens (primary N) is 1. The molecule has 0 fully saturated rings. The van der Waals surface area contributed by atoms with Crippen molar-refractivity contribution < 1.29 is 13.2 Å². The summed E-state index contributed by atoms with van der Waals surface area (Å²) in [5.41, 5.74) is 5.40. The average Bonchev–Trinajstić information content (AvgIpc) is 2.12. The summed E-state index contributed by atoms with van der Waals surface area (Å²) in [6, 6.07) is -0.805. The van der Waals surface area contributed by atoms with Gasteiger partial charge in [-0.1, -0.05) is 20.8 Å². The van der Waals surface area contributed by atoms with E-state index in [0.29, 0.717) is 0 Å². The van der Waals surface area contributed by atoms with Crippen LogP contribution in [0, 0.1) is 5.41 Å². The number of carbonyl (C=O) groups is 1. The van der Waals surface area contributed by atoms with Gasteiger partial charge in [0.1, 0.15) is 0 Å². The first-order valence-corrected chi connectivity index (χ1v) is 7.64. The summed E-state index contributed by atoms with van der Waals surface area (Å²) < 4.78 is 25.4. The molecule has 0 heterocycles. The Hall–Kier alpha value is -0.370. The van der Waals surface area contributed by atoms with Crippen molar-refractivity contribution in [1.82, 2.24) is 10.0 Å². The first kappa shape index (κ1) is 20.9. The van der Waals surface area contributed by atoms with Crippen LogP contribution in [0.25, 0.3) is 0 Å². The molecule has 0 saturated heterocycles. The van der Waals surface area contributed by atoms with Gasteiger partial charge in [0, 0.05) is 12.6 Å². The Morgan fingerprint density at radius 2 is 1.74 bits per heavy atom. The summed E-state index contributed by atoms with van der Waals surface area (Å²) in [5.74, 6) is -0.476. The molecule has 4 N–H and O–H groups in total.